The fourth-order valence-electron chi connectivity index (χ4n) is 2.78. The van der Waals surface area contributed by atoms with E-state index >= 15 is 0 Å². The Kier molecular flexibility index (Phi) is 4.10. The zero-order valence-corrected chi connectivity index (χ0v) is 12.2. The number of nitrogens with one attached hydrogen (secondary N) is 2. The molecule has 108 valence electrons. The van der Waals surface area contributed by atoms with Crippen molar-refractivity contribution in [1.29, 1.82) is 0 Å². The number of anilines is 1. The van der Waals surface area contributed by atoms with Crippen LogP contribution in [0.4, 0.5) is 5.82 Å². The minimum atomic E-state index is 0.147. The van der Waals surface area contributed by atoms with E-state index in [1.54, 1.807) is 6.20 Å². The molecule has 1 aromatic rings. The molecule has 20 heavy (non-hydrogen) atoms. The molecule has 2 N–H and O–H groups in total. The molecular formula is C15H20ClN3O. The summed E-state index contributed by atoms with van der Waals surface area (Å²) in [6, 6.07) is 4.49. The molecule has 0 aromatic carbocycles. The SMILES string of the molecule is O=C(NC1CC1)[C@H]1CCC[C@H](Nc2ccc(Cl)cn2)C1. The highest BCUT2D eigenvalue weighted by molar-refractivity contribution is 6.30. The number of carbonyl (C=O) groups excluding carboxylic acids is 1. The zero-order chi connectivity index (χ0) is 13.9. The van der Waals surface area contributed by atoms with E-state index in [9.17, 15) is 4.79 Å². The van der Waals surface area contributed by atoms with Crippen LogP contribution in [0.2, 0.25) is 5.02 Å². The molecule has 2 aliphatic carbocycles. The van der Waals surface area contributed by atoms with Crippen molar-refractivity contribution in [1.82, 2.24) is 10.3 Å². The van der Waals surface area contributed by atoms with Crippen molar-refractivity contribution in [2.24, 2.45) is 5.92 Å². The van der Waals surface area contributed by atoms with Crippen molar-refractivity contribution in [3.8, 4) is 0 Å². The van der Waals surface area contributed by atoms with Gasteiger partial charge in [-0.3, -0.25) is 4.79 Å². The van der Waals surface area contributed by atoms with Crippen LogP contribution in [0.25, 0.3) is 0 Å². The van der Waals surface area contributed by atoms with Gasteiger partial charge in [-0.2, -0.15) is 0 Å². The smallest absolute Gasteiger partial charge is 0.223 e. The van der Waals surface area contributed by atoms with Crippen LogP contribution in [-0.2, 0) is 4.79 Å². The third kappa shape index (κ3) is 3.63. The van der Waals surface area contributed by atoms with Crippen molar-refractivity contribution >= 4 is 23.3 Å². The largest absolute Gasteiger partial charge is 0.367 e. The second-order valence-corrected chi connectivity index (χ2v) is 6.29. The standard InChI is InChI=1S/C15H20ClN3O/c16-11-4-7-14(17-9-11)18-13-3-1-2-10(8-13)15(20)19-12-5-6-12/h4,7,9-10,12-13H,1-3,5-6,8H2,(H,17,18)(H,19,20)/t10-,13-/m0/s1. The average Bonchev–Trinajstić information content (AvgIpc) is 3.26. The lowest BCUT2D eigenvalue weighted by atomic mass is 9.85. The summed E-state index contributed by atoms with van der Waals surface area (Å²) in [5.74, 6) is 1.22. The number of nitrogens with zero attached hydrogens (tertiary/aromatic N) is 1. The van der Waals surface area contributed by atoms with Gasteiger partial charge in [0.05, 0.1) is 5.02 Å². The van der Waals surface area contributed by atoms with Gasteiger partial charge in [-0.25, -0.2) is 4.98 Å². The van der Waals surface area contributed by atoms with Gasteiger partial charge in [-0.1, -0.05) is 18.0 Å². The first-order valence-corrected chi connectivity index (χ1v) is 7.77. The van der Waals surface area contributed by atoms with E-state index in [4.69, 9.17) is 11.6 Å². The number of carbonyl (C=O) groups is 1. The molecule has 1 amide bonds. The second-order valence-electron chi connectivity index (χ2n) is 5.85. The van der Waals surface area contributed by atoms with Crippen molar-refractivity contribution < 1.29 is 4.79 Å². The highest BCUT2D eigenvalue weighted by Gasteiger charge is 2.31. The lowest BCUT2D eigenvalue weighted by Crippen LogP contribution is -2.38. The van der Waals surface area contributed by atoms with E-state index in [-0.39, 0.29) is 11.8 Å². The summed E-state index contributed by atoms with van der Waals surface area (Å²) >= 11 is 5.83. The third-order valence-electron chi connectivity index (χ3n) is 4.05. The minimum absolute atomic E-state index is 0.147. The van der Waals surface area contributed by atoms with Gasteiger partial charge >= 0.3 is 0 Å². The number of halogens is 1. The molecule has 0 saturated heterocycles. The highest BCUT2D eigenvalue weighted by atomic mass is 35.5. The summed E-state index contributed by atoms with van der Waals surface area (Å²) in [5, 5.41) is 7.17. The molecule has 2 saturated carbocycles. The van der Waals surface area contributed by atoms with E-state index in [1.807, 2.05) is 12.1 Å². The van der Waals surface area contributed by atoms with Gasteiger partial charge in [0.1, 0.15) is 5.82 Å². The Morgan fingerprint density at radius 1 is 1.20 bits per heavy atom. The fourth-order valence-corrected chi connectivity index (χ4v) is 2.89. The van der Waals surface area contributed by atoms with Crippen molar-refractivity contribution in [3.63, 3.8) is 0 Å². The first-order valence-electron chi connectivity index (χ1n) is 7.39. The summed E-state index contributed by atoms with van der Waals surface area (Å²) in [7, 11) is 0. The number of amides is 1. The van der Waals surface area contributed by atoms with Crippen molar-refractivity contribution in [3.05, 3.63) is 23.4 Å². The van der Waals surface area contributed by atoms with Gasteiger partial charge < -0.3 is 10.6 Å². The van der Waals surface area contributed by atoms with Crippen LogP contribution >= 0.6 is 11.6 Å². The monoisotopic (exact) mass is 293 g/mol. The topological polar surface area (TPSA) is 54.0 Å². The Hall–Kier alpha value is -1.29. The summed E-state index contributed by atoms with van der Waals surface area (Å²) in [6.07, 6.45) is 8.02. The first kappa shape index (κ1) is 13.7. The lowest BCUT2D eigenvalue weighted by Gasteiger charge is -2.29. The van der Waals surface area contributed by atoms with Crippen LogP contribution in [0.15, 0.2) is 18.3 Å². The summed E-state index contributed by atoms with van der Waals surface area (Å²) in [5.41, 5.74) is 0. The molecule has 1 aromatic heterocycles. The number of hydrogen-bond donors (Lipinski definition) is 2. The molecule has 0 bridgehead atoms. The van der Waals surface area contributed by atoms with Crippen molar-refractivity contribution in [2.45, 2.75) is 50.6 Å². The van der Waals surface area contributed by atoms with Crippen LogP contribution in [-0.4, -0.2) is 23.0 Å². The summed E-state index contributed by atoms with van der Waals surface area (Å²) in [6.45, 7) is 0. The Morgan fingerprint density at radius 3 is 2.75 bits per heavy atom. The number of aromatic nitrogens is 1. The number of hydrogen-bond acceptors (Lipinski definition) is 3. The van der Waals surface area contributed by atoms with E-state index in [2.05, 4.69) is 15.6 Å². The summed E-state index contributed by atoms with van der Waals surface area (Å²) < 4.78 is 0. The molecular weight excluding hydrogens is 274 g/mol. The highest BCUT2D eigenvalue weighted by Crippen LogP contribution is 2.28. The normalized spacial score (nSPS) is 26.1. The molecule has 0 spiro atoms. The van der Waals surface area contributed by atoms with Gasteiger partial charge in [0.2, 0.25) is 5.91 Å². The minimum Gasteiger partial charge on any atom is -0.367 e. The molecule has 0 unspecified atom stereocenters. The maximum atomic E-state index is 12.1. The Balaban J connectivity index is 1.54. The molecule has 1 heterocycles. The molecule has 5 heteroatoms. The molecule has 2 atom stereocenters. The quantitative estimate of drug-likeness (QED) is 0.897. The van der Waals surface area contributed by atoms with Gasteiger partial charge in [0.15, 0.2) is 0 Å². The Labute approximate surface area is 124 Å². The second kappa shape index (κ2) is 6.00. The Bertz CT molecular complexity index is 473. The zero-order valence-electron chi connectivity index (χ0n) is 11.4. The molecule has 2 aliphatic rings. The molecule has 0 aliphatic heterocycles. The molecule has 0 radical (unpaired) electrons. The molecule has 4 nitrogen and oxygen atoms in total. The predicted octanol–water partition coefficient (Wildman–Crippen LogP) is 2.98. The van der Waals surface area contributed by atoms with Gasteiger partial charge in [0, 0.05) is 24.2 Å². The Morgan fingerprint density at radius 2 is 2.05 bits per heavy atom. The van der Waals surface area contributed by atoms with E-state index in [0.717, 1.165) is 44.3 Å². The molecule has 2 fully saturated rings. The maximum Gasteiger partial charge on any atom is 0.223 e. The lowest BCUT2D eigenvalue weighted by molar-refractivity contribution is -0.126. The van der Waals surface area contributed by atoms with Gasteiger partial charge in [0.25, 0.3) is 0 Å². The number of rotatable bonds is 4. The fraction of sp³-hybridized carbons (Fsp3) is 0.600. The van der Waals surface area contributed by atoms with E-state index in [0.29, 0.717) is 17.1 Å². The average molecular weight is 294 g/mol. The van der Waals surface area contributed by atoms with Crippen molar-refractivity contribution in [2.75, 3.05) is 5.32 Å². The van der Waals surface area contributed by atoms with Crippen LogP contribution < -0.4 is 10.6 Å². The predicted molar refractivity (Wildman–Crippen MR) is 79.8 cm³/mol. The third-order valence-corrected chi connectivity index (χ3v) is 4.27. The summed E-state index contributed by atoms with van der Waals surface area (Å²) in [4.78, 5) is 16.4. The number of pyridine rings is 1. The van der Waals surface area contributed by atoms with Crippen LogP contribution in [0, 0.1) is 5.92 Å². The maximum absolute atomic E-state index is 12.1. The van der Waals surface area contributed by atoms with Crippen LogP contribution in [0.1, 0.15) is 38.5 Å². The van der Waals surface area contributed by atoms with E-state index < -0.39 is 0 Å². The van der Waals surface area contributed by atoms with Crippen LogP contribution in [0.3, 0.4) is 0 Å². The first-order chi connectivity index (χ1) is 9.70. The van der Waals surface area contributed by atoms with Gasteiger partial charge in [-0.15, -0.1) is 0 Å². The molecule has 3 rings (SSSR count). The van der Waals surface area contributed by atoms with E-state index in [1.165, 1.54) is 0 Å². The van der Waals surface area contributed by atoms with Gasteiger partial charge in [-0.05, 0) is 44.2 Å². The van der Waals surface area contributed by atoms with Crippen LogP contribution in [0.5, 0.6) is 0 Å².